The molecular formula is C16H21N3S. The summed E-state index contributed by atoms with van der Waals surface area (Å²) in [7, 11) is 1.50. The van der Waals surface area contributed by atoms with Crippen LogP contribution in [0.2, 0.25) is 0 Å². The lowest BCUT2D eigenvalue weighted by Crippen LogP contribution is -2.08. The van der Waals surface area contributed by atoms with Crippen LogP contribution in [0, 0.1) is 0 Å². The molecule has 3 nitrogen and oxygen atoms in total. The molecule has 0 radical (unpaired) electrons. The first-order chi connectivity index (χ1) is 9.92. The second-order valence-electron chi connectivity index (χ2n) is 4.49. The lowest BCUT2D eigenvalue weighted by molar-refractivity contribution is 0.586. The van der Waals surface area contributed by atoms with Gasteiger partial charge in [0.15, 0.2) is 0 Å². The summed E-state index contributed by atoms with van der Waals surface area (Å²) in [5, 5.41) is 0. The minimum absolute atomic E-state index is 1.18. The fraction of sp³-hybridized carbons (Fsp3) is 0.312. The molecular weight excluding hydrogens is 266 g/mol. The van der Waals surface area contributed by atoms with Crippen molar-refractivity contribution in [2.45, 2.75) is 17.7 Å². The summed E-state index contributed by atoms with van der Waals surface area (Å²) in [5.74, 6) is 0. The van der Waals surface area contributed by atoms with E-state index in [2.05, 4.69) is 45.4 Å². The van der Waals surface area contributed by atoms with E-state index >= 15 is 0 Å². The summed E-state index contributed by atoms with van der Waals surface area (Å²) in [6, 6.07) is 12.8. The van der Waals surface area contributed by atoms with Crippen LogP contribution in [-0.2, 0) is 0 Å². The summed E-state index contributed by atoms with van der Waals surface area (Å²) in [6.45, 7) is 2.43. The van der Waals surface area contributed by atoms with Gasteiger partial charge in [-0.15, -0.1) is 0 Å². The summed E-state index contributed by atoms with van der Waals surface area (Å²) in [6.07, 6.45) is 6.38. The summed E-state index contributed by atoms with van der Waals surface area (Å²) in [5.41, 5.74) is 6.91. The van der Waals surface area contributed by atoms with Crippen LogP contribution < -0.4 is 5.73 Å². The Morgan fingerprint density at radius 3 is 2.30 bits per heavy atom. The Balaban J connectivity index is 0.000000704. The van der Waals surface area contributed by atoms with Crippen molar-refractivity contribution in [3.05, 3.63) is 48.8 Å². The molecule has 0 aliphatic carbocycles. The highest BCUT2D eigenvalue weighted by atomic mass is 32.2. The third-order valence-electron chi connectivity index (χ3n) is 3.15. The van der Waals surface area contributed by atoms with E-state index in [0.717, 1.165) is 0 Å². The quantitative estimate of drug-likeness (QED) is 0.878. The number of nitrogens with zero attached hydrogens (tertiary/aromatic N) is 2. The van der Waals surface area contributed by atoms with E-state index in [1.807, 2.05) is 24.2 Å². The molecule has 0 saturated carbocycles. The average molecular weight is 287 g/mol. The van der Waals surface area contributed by atoms with Crippen LogP contribution >= 0.6 is 11.9 Å². The number of rotatable bonds is 3. The molecule has 2 N–H and O–H groups in total. The van der Waals surface area contributed by atoms with Crippen molar-refractivity contribution >= 4 is 11.9 Å². The molecule has 4 heteroatoms. The van der Waals surface area contributed by atoms with Crippen molar-refractivity contribution in [2.75, 3.05) is 20.1 Å². The van der Waals surface area contributed by atoms with E-state index in [4.69, 9.17) is 0 Å². The molecule has 2 heterocycles. The second kappa shape index (κ2) is 8.04. The van der Waals surface area contributed by atoms with E-state index in [0.29, 0.717) is 0 Å². The number of nitrogens with two attached hydrogens (primary N) is 1. The number of pyridine rings is 1. The van der Waals surface area contributed by atoms with Crippen LogP contribution in [0.5, 0.6) is 0 Å². The second-order valence-corrected chi connectivity index (χ2v) is 5.66. The molecule has 1 aromatic heterocycles. The molecule has 1 aliphatic heterocycles. The summed E-state index contributed by atoms with van der Waals surface area (Å²) < 4.78 is 2.44. The van der Waals surface area contributed by atoms with E-state index in [1.54, 1.807) is 6.20 Å². The number of hydrogen-bond donors (Lipinski definition) is 1. The third kappa shape index (κ3) is 4.07. The van der Waals surface area contributed by atoms with Crippen molar-refractivity contribution in [1.29, 1.82) is 0 Å². The van der Waals surface area contributed by atoms with Crippen LogP contribution in [0.3, 0.4) is 0 Å². The molecule has 0 bridgehead atoms. The molecule has 1 saturated heterocycles. The minimum Gasteiger partial charge on any atom is -0.333 e. The maximum Gasteiger partial charge on any atom is 0.0346 e. The lowest BCUT2D eigenvalue weighted by Gasteiger charge is -2.13. The van der Waals surface area contributed by atoms with Crippen LogP contribution in [0.15, 0.2) is 53.7 Å². The van der Waals surface area contributed by atoms with Crippen molar-refractivity contribution in [1.82, 2.24) is 9.29 Å². The van der Waals surface area contributed by atoms with E-state index < -0.39 is 0 Å². The van der Waals surface area contributed by atoms with Gasteiger partial charge in [-0.1, -0.05) is 18.2 Å². The Hall–Kier alpha value is -1.36. The van der Waals surface area contributed by atoms with Gasteiger partial charge in [0.05, 0.1) is 0 Å². The van der Waals surface area contributed by atoms with E-state index in [9.17, 15) is 0 Å². The Morgan fingerprint density at radius 1 is 1.00 bits per heavy atom. The van der Waals surface area contributed by atoms with Crippen LogP contribution in [0.25, 0.3) is 11.1 Å². The van der Waals surface area contributed by atoms with Gasteiger partial charge in [-0.25, -0.2) is 4.31 Å². The predicted octanol–water partition coefficient (Wildman–Crippen LogP) is 3.43. The standard InChI is InChI=1S/C15H16N2S.CH5N/c1-2-11-17(10-1)18-15-7-5-13(6-8-15)14-4-3-9-16-12-14;1-2/h3-9,12H,1-2,10-11H2;2H2,1H3. The van der Waals surface area contributed by atoms with Gasteiger partial charge in [0.1, 0.15) is 0 Å². The fourth-order valence-corrected chi connectivity index (χ4v) is 3.17. The first-order valence-electron chi connectivity index (χ1n) is 6.93. The lowest BCUT2D eigenvalue weighted by atomic mass is 10.1. The topological polar surface area (TPSA) is 42.1 Å². The first kappa shape index (κ1) is 15.0. The summed E-state index contributed by atoms with van der Waals surface area (Å²) in [4.78, 5) is 5.48. The monoisotopic (exact) mass is 287 g/mol. The van der Waals surface area contributed by atoms with Crippen LogP contribution in [0.1, 0.15) is 12.8 Å². The number of aromatic nitrogens is 1. The smallest absolute Gasteiger partial charge is 0.0346 e. The molecule has 0 atom stereocenters. The molecule has 0 amide bonds. The fourth-order valence-electron chi connectivity index (χ4n) is 2.17. The van der Waals surface area contributed by atoms with Crippen molar-refractivity contribution < 1.29 is 0 Å². The highest BCUT2D eigenvalue weighted by Crippen LogP contribution is 2.28. The van der Waals surface area contributed by atoms with Gasteiger partial charge in [0, 0.05) is 30.4 Å². The van der Waals surface area contributed by atoms with Crippen molar-refractivity contribution in [3.8, 4) is 11.1 Å². The van der Waals surface area contributed by atoms with Gasteiger partial charge in [0.25, 0.3) is 0 Å². The highest BCUT2D eigenvalue weighted by Gasteiger charge is 2.12. The highest BCUT2D eigenvalue weighted by molar-refractivity contribution is 7.97. The van der Waals surface area contributed by atoms with Gasteiger partial charge in [-0.3, -0.25) is 4.98 Å². The molecule has 0 unspecified atom stereocenters. The zero-order valence-electron chi connectivity index (χ0n) is 11.8. The molecule has 2 aromatic rings. The molecule has 1 aromatic carbocycles. The maximum absolute atomic E-state index is 4.50. The normalized spacial score (nSPS) is 14.7. The Labute approximate surface area is 125 Å². The molecule has 0 spiro atoms. The Kier molecular flexibility index (Phi) is 6.05. The SMILES string of the molecule is CN.c1cncc(-c2ccc(SN3CCCC3)cc2)c1. The van der Waals surface area contributed by atoms with Crippen LogP contribution in [0.4, 0.5) is 0 Å². The number of benzene rings is 1. The van der Waals surface area contributed by atoms with E-state index in [1.165, 1.54) is 49.0 Å². The maximum atomic E-state index is 4.50. The van der Waals surface area contributed by atoms with Crippen LogP contribution in [-0.4, -0.2) is 29.4 Å². The first-order valence-corrected chi connectivity index (χ1v) is 7.70. The molecule has 1 fully saturated rings. The number of hydrogen-bond acceptors (Lipinski definition) is 4. The zero-order chi connectivity index (χ0) is 14.2. The minimum atomic E-state index is 1.18. The zero-order valence-corrected chi connectivity index (χ0v) is 12.6. The van der Waals surface area contributed by atoms with Crippen molar-refractivity contribution in [2.24, 2.45) is 5.73 Å². The van der Waals surface area contributed by atoms with Gasteiger partial charge in [0.2, 0.25) is 0 Å². The van der Waals surface area contributed by atoms with Crippen molar-refractivity contribution in [3.63, 3.8) is 0 Å². The Bertz CT molecular complexity index is 493. The predicted molar refractivity (Wildman–Crippen MR) is 86.4 cm³/mol. The van der Waals surface area contributed by atoms with Gasteiger partial charge >= 0.3 is 0 Å². The molecule has 20 heavy (non-hydrogen) atoms. The largest absolute Gasteiger partial charge is 0.333 e. The molecule has 1 aliphatic rings. The van der Waals surface area contributed by atoms with Gasteiger partial charge in [-0.05, 0) is 61.2 Å². The van der Waals surface area contributed by atoms with E-state index in [-0.39, 0.29) is 0 Å². The van der Waals surface area contributed by atoms with Gasteiger partial charge < -0.3 is 5.73 Å². The summed E-state index contributed by atoms with van der Waals surface area (Å²) >= 11 is 1.87. The molecule has 3 rings (SSSR count). The third-order valence-corrected chi connectivity index (χ3v) is 4.26. The Morgan fingerprint density at radius 2 is 1.70 bits per heavy atom. The molecule has 106 valence electrons. The van der Waals surface area contributed by atoms with Gasteiger partial charge in [-0.2, -0.15) is 0 Å². The average Bonchev–Trinajstić information content (AvgIpc) is 3.04.